The number of aromatic nitrogens is 2. The SMILES string of the molecule is Cc1ccccc1[C@@H](C)N[C@H](C)C(=O)Nc1ccc2[nH]c(=O)[nH]c2c1. The van der Waals surface area contributed by atoms with Gasteiger partial charge in [-0.05, 0) is 50.1 Å². The summed E-state index contributed by atoms with van der Waals surface area (Å²) >= 11 is 0. The largest absolute Gasteiger partial charge is 0.325 e. The molecule has 0 radical (unpaired) electrons. The van der Waals surface area contributed by atoms with Crippen LogP contribution in [-0.2, 0) is 4.79 Å². The maximum atomic E-state index is 12.5. The van der Waals surface area contributed by atoms with Crippen LogP contribution in [-0.4, -0.2) is 21.9 Å². The Morgan fingerprint density at radius 3 is 2.52 bits per heavy atom. The van der Waals surface area contributed by atoms with Crippen LogP contribution in [0.3, 0.4) is 0 Å². The van der Waals surface area contributed by atoms with Crippen molar-refractivity contribution in [3.63, 3.8) is 0 Å². The highest BCUT2D eigenvalue weighted by Crippen LogP contribution is 2.18. The van der Waals surface area contributed by atoms with Gasteiger partial charge in [0.2, 0.25) is 5.91 Å². The van der Waals surface area contributed by atoms with Crippen LogP contribution in [0.2, 0.25) is 0 Å². The van der Waals surface area contributed by atoms with Gasteiger partial charge in [0, 0.05) is 11.7 Å². The van der Waals surface area contributed by atoms with Crippen LogP contribution in [0.15, 0.2) is 47.3 Å². The fourth-order valence-corrected chi connectivity index (χ4v) is 2.97. The monoisotopic (exact) mass is 338 g/mol. The molecule has 4 N–H and O–H groups in total. The van der Waals surface area contributed by atoms with Crippen molar-refractivity contribution in [2.45, 2.75) is 32.9 Å². The highest BCUT2D eigenvalue weighted by molar-refractivity contribution is 5.96. The molecule has 0 saturated heterocycles. The summed E-state index contributed by atoms with van der Waals surface area (Å²) in [5.41, 5.74) is 4.12. The van der Waals surface area contributed by atoms with Crippen molar-refractivity contribution in [3.8, 4) is 0 Å². The second-order valence-corrected chi connectivity index (χ2v) is 6.30. The quantitative estimate of drug-likeness (QED) is 0.577. The number of carbonyl (C=O) groups excluding carboxylic acids is 1. The van der Waals surface area contributed by atoms with Gasteiger partial charge in [0.1, 0.15) is 0 Å². The molecule has 130 valence electrons. The van der Waals surface area contributed by atoms with Crippen molar-refractivity contribution < 1.29 is 4.79 Å². The molecular formula is C19H22N4O2. The summed E-state index contributed by atoms with van der Waals surface area (Å²) in [6.07, 6.45) is 0. The minimum atomic E-state index is -0.365. The molecule has 2 atom stereocenters. The maximum absolute atomic E-state index is 12.5. The zero-order chi connectivity index (χ0) is 18.0. The van der Waals surface area contributed by atoms with Crippen LogP contribution in [0.4, 0.5) is 5.69 Å². The highest BCUT2D eigenvalue weighted by atomic mass is 16.2. The van der Waals surface area contributed by atoms with Crippen molar-refractivity contribution in [1.29, 1.82) is 0 Å². The van der Waals surface area contributed by atoms with E-state index in [0.29, 0.717) is 16.7 Å². The first kappa shape index (κ1) is 17.0. The Balaban J connectivity index is 1.67. The molecule has 0 aliphatic heterocycles. The van der Waals surface area contributed by atoms with E-state index in [1.165, 1.54) is 11.1 Å². The number of carbonyl (C=O) groups is 1. The Kier molecular flexibility index (Phi) is 4.72. The van der Waals surface area contributed by atoms with Gasteiger partial charge in [0.05, 0.1) is 17.1 Å². The number of imidazole rings is 1. The third-order valence-electron chi connectivity index (χ3n) is 4.33. The molecule has 0 saturated carbocycles. The number of hydrogen-bond donors (Lipinski definition) is 4. The molecule has 0 aliphatic carbocycles. The van der Waals surface area contributed by atoms with E-state index in [1.54, 1.807) is 18.2 Å². The topological polar surface area (TPSA) is 89.8 Å². The van der Waals surface area contributed by atoms with Gasteiger partial charge >= 0.3 is 5.69 Å². The molecule has 0 unspecified atom stereocenters. The summed E-state index contributed by atoms with van der Waals surface area (Å²) in [6, 6.07) is 13.1. The molecule has 0 spiro atoms. The Morgan fingerprint density at radius 1 is 1.04 bits per heavy atom. The van der Waals surface area contributed by atoms with E-state index in [9.17, 15) is 9.59 Å². The van der Waals surface area contributed by atoms with Crippen molar-refractivity contribution >= 4 is 22.6 Å². The lowest BCUT2D eigenvalue weighted by Crippen LogP contribution is -2.39. The molecule has 1 heterocycles. The number of benzene rings is 2. The number of anilines is 1. The molecule has 0 fully saturated rings. The fraction of sp³-hybridized carbons (Fsp3) is 0.263. The van der Waals surface area contributed by atoms with E-state index >= 15 is 0 Å². The van der Waals surface area contributed by atoms with E-state index in [-0.39, 0.29) is 23.7 Å². The molecule has 3 aromatic rings. The smallest absolute Gasteiger partial charge is 0.323 e. The number of nitrogens with one attached hydrogen (secondary N) is 4. The molecule has 0 bridgehead atoms. The zero-order valence-electron chi connectivity index (χ0n) is 14.5. The molecule has 6 nitrogen and oxygen atoms in total. The first-order chi connectivity index (χ1) is 11.9. The molecule has 1 amide bonds. The second kappa shape index (κ2) is 6.94. The second-order valence-electron chi connectivity index (χ2n) is 6.30. The summed E-state index contributed by atoms with van der Waals surface area (Å²) in [7, 11) is 0. The first-order valence-corrected chi connectivity index (χ1v) is 8.28. The van der Waals surface area contributed by atoms with E-state index in [1.807, 2.05) is 26.0 Å². The Labute approximate surface area is 145 Å². The van der Waals surface area contributed by atoms with E-state index in [0.717, 1.165) is 0 Å². The number of aromatic amines is 2. The fourth-order valence-electron chi connectivity index (χ4n) is 2.97. The standard InChI is InChI=1S/C19H22N4O2/c1-11-6-4-5-7-15(11)12(2)20-13(3)18(24)21-14-8-9-16-17(10-14)23-19(25)22-16/h4-10,12-13,20H,1-3H3,(H,21,24)(H2,22,23,25)/t12-,13-/m1/s1. The Bertz CT molecular complexity index is 957. The lowest BCUT2D eigenvalue weighted by molar-refractivity contribution is -0.117. The summed E-state index contributed by atoms with van der Waals surface area (Å²) < 4.78 is 0. The average Bonchev–Trinajstić information content (AvgIpc) is 2.94. The van der Waals surface area contributed by atoms with Gasteiger partial charge in [-0.2, -0.15) is 0 Å². The van der Waals surface area contributed by atoms with E-state index in [2.05, 4.69) is 39.7 Å². The number of hydrogen-bond acceptors (Lipinski definition) is 3. The lowest BCUT2D eigenvalue weighted by atomic mass is 10.0. The average molecular weight is 338 g/mol. The van der Waals surface area contributed by atoms with E-state index in [4.69, 9.17) is 0 Å². The van der Waals surface area contributed by atoms with Gasteiger partial charge in [0.25, 0.3) is 0 Å². The number of rotatable bonds is 5. The summed E-state index contributed by atoms with van der Waals surface area (Å²) in [6.45, 7) is 5.94. The predicted octanol–water partition coefficient (Wildman–Crippen LogP) is 2.84. The number of amides is 1. The van der Waals surface area contributed by atoms with Gasteiger partial charge in [-0.3, -0.25) is 10.1 Å². The number of fused-ring (bicyclic) bond motifs is 1. The zero-order valence-corrected chi connectivity index (χ0v) is 14.5. The predicted molar refractivity (Wildman–Crippen MR) is 99.7 cm³/mol. The van der Waals surface area contributed by atoms with Gasteiger partial charge in [-0.1, -0.05) is 24.3 Å². The van der Waals surface area contributed by atoms with Gasteiger partial charge in [0.15, 0.2) is 0 Å². The summed E-state index contributed by atoms with van der Waals surface area (Å²) in [5, 5.41) is 6.20. The van der Waals surface area contributed by atoms with Crippen molar-refractivity contribution in [3.05, 3.63) is 64.1 Å². The lowest BCUT2D eigenvalue weighted by Gasteiger charge is -2.21. The molecule has 0 aliphatic rings. The van der Waals surface area contributed by atoms with Crippen LogP contribution in [0.1, 0.15) is 31.0 Å². The summed E-state index contributed by atoms with van der Waals surface area (Å²) in [4.78, 5) is 29.1. The van der Waals surface area contributed by atoms with E-state index < -0.39 is 0 Å². The minimum Gasteiger partial charge on any atom is -0.325 e. The molecule has 25 heavy (non-hydrogen) atoms. The Hall–Kier alpha value is -2.86. The maximum Gasteiger partial charge on any atom is 0.323 e. The van der Waals surface area contributed by atoms with Crippen LogP contribution < -0.4 is 16.3 Å². The van der Waals surface area contributed by atoms with Crippen molar-refractivity contribution in [2.24, 2.45) is 0 Å². The van der Waals surface area contributed by atoms with Gasteiger partial charge in [-0.15, -0.1) is 0 Å². The van der Waals surface area contributed by atoms with Crippen LogP contribution >= 0.6 is 0 Å². The van der Waals surface area contributed by atoms with Crippen LogP contribution in [0, 0.1) is 6.92 Å². The minimum absolute atomic E-state index is 0.0606. The first-order valence-electron chi connectivity index (χ1n) is 8.28. The van der Waals surface area contributed by atoms with Crippen LogP contribution in [0.25, 0.3) is 11.0 Å². The highest BCUT2D eigenvalue weighted by Gasteiger charge is 2.17. The molecular weight excluding hydrogens is 316 g/mol. The van der Waals surface area contributed by atoms with Crippen molar-refractivity contribution in [1.82, 2.24) is 15.3 Å². The molecule has 6 heteroatoms. The molecule has 1 aromatic heterocycles. The number of aryl methyl sites for hydroxylation is 1. The van der Waals surface area contributed by atoms with Crippen molar-refractivity contribution in [2.75, 3.05) is 5.32 Å². The summed E-state index contributed by atoms with van der Waals surface area (Å²) in [5.74, 6) is -0.127. The third-order valence-corrected chi connectivity index (χ3v) is 4.33. The van der Waals surface area contributed by atoms with Gasteiger partial charge < -0.3 is 15.3 Å². The third kappa shape index (κ3) is 3.80. The normalized spacial score (nSPS) is 13.6. The van der Waals surface area contributed by atoms with Gasteiger partial charge in [-0.25, -0.2) is 4.79 Å². The molecule has 2 aromatic carbocycles. The Morgan fingerprint density at radius 2 is 1.76 bits per heavy atom. The van der Waals surface area contributed by atoms with Crippen LogP contribution in [0.5, 0.6) is 0 Å². The molecule has 3 rings (SSSR count). The number of H-pyrrole nitrogens is 2.